The van der Waals surface area contributed by atoms with Gasteiger partial charge in [-0.15, -0.1) is 11.8 Å². The van der Waals surface area contributed by atoms with Crippen molar-refractivity contribution in [2.75, 3.05) is 12.4 Å². The second-order valence-corrected chi connectivity index (χ2v) is 8.86. The van der Waals surface area contributed by atoms with Gasteiger partial charge in [0, 0.05) is 28.9 Å². The van der Waals surface area contributed by atoms with Gasteiger partial charge in [0.15, 0.2) is 0 Å². The number of thioether (sulfide) groups is 1. The van der Waals surface area contributed by atoms with Gasteiger partial charge in [0.2, 0.25) is 0 Å². The first-order chi connectivity index (χ1) is 11.2. The molecule has 0 saturated heterocycles. The summed E-state index contributed by atoms with van der Waals surface area (Å²) >= 11 is 1.83. The molecule has 2 aromatic carbocycles. The van der Waals surface area contributed by atoms with Crippen LogP contribution in [0, 0.1) is 6.92 Å². The number of carbonyl (C=O) groups is 1. The van der Waals surface area contributed by atoms with E-state index in [1.807, 2.05) is 62.1 Å². The predicted molar refractivity (Wildman–Crippen MR) is 104 cm³/mol. The van der Waals surface area contributed by atoms with Crippen LogP contribution in [0.2, 0.25) is 0 Å². The summed E-state index contributed by atoms with van der Waals surface area (Å²) in [4.78, 5) is 15.3. The van der Waals surface area contributed by atoms with Gasteiger partial charge in [-0.25, -0.2) is 4.79 Å². The maximum absolute atomic E-state index is 12.4. The van der Waals surface area contributed by atoms with Crippen LogP contribution in [0.3, 0.4) is 0 Å². The van der Waals surface area contributed by atoms with Crippen LogP contribution in [-0.2, 0) is 6.54 Å². The van der Waals surface area contributed by atoms with Crippen LogP contribution in [0.1, 0.15) is 31.9 Å². The highest BCUT2D eigenvalue weighted by atomic mass is 32.2. The zero-order valence-electron chi connectivity index (χ0n) is 15.1. The standard InChI is InChI=1S/C20H26N2OS/c1-15-13-17(24-20(2,3)4)11-12-18(15)21-19(23)22(5)14-16-9-7-6-8-10-16/h6-13H,14H2,1-5H3,(H,21,23). The lowest BCUT2D eigenvalue weighted by molar-refractivity contribution is 0.220. The van der Waals surface area contributed by atoms with Crippen molar-refractivity contribution in [2.45, 2.75) is 43.9 Å². The van der Waals surface area contributed by atoms with Crippen LogP contribution in [-0.4, -0.2) is 22.7 Å². The van der Waals surface area contributed by atoms with Crippen molar-refractivity contribution in [3.63, 3.8) is 0 Å². The van der Waals surface area contributed by atoms with E-state index in [4.69, 9.17) is 0 Å². The van der Waals surface area contributed by atoms with Crippen LogP contribution in [0.25, 0.3) is 0 Å². The molecule has 0 aliphatic rings. The van der Waals surface area contributed by atoms with Gasteiger partial charge < -0.3 is 10.2 Å². The third kappa shape index (κ3) is 5.60. The van der Waals surface area contributed by atoms with Gasteiger partial charge in [-0.05, 0) is 36.2 Å². The fraction of sp³-hybridized carbons (Fsp3) is 0.350. The molecule has 1 N–H and O–H groups in total. The molecule has 0 radical (unpaired) electrons. The van der Waals surface area contributed by atoms with Crippen LogP contribution in [0.15, 0.2) is 53.4 Å². The summed E-state index contributed by atoms with van der Waals surface area (Å²) in [6, 6.07) is 16.1. The normalized spacial score (nSPS) is 11.2. The summed E-state index contributed by atoms with van der Waals surface area (Å²) in [5, 5.41) is 3.00. The molecule has 2 amide bonds. The van der Waals surface area contributed by atoms with E-state index in [2.05, 4.69) is 38.2 Å². The van der Waals surface area contributed by atoms with E-state index < -0.39 is 0 Å². The maximum atomic E-state index is 12.4. The van der Waals surface area contributed by atoms with Crippen molar-refractivity contribution >= 4 is 23.5 Å². The Kier molecular flexibility index (Phi) is 5.94. The smallest absolute Gasteiger partial charge is 0.321 e. The molecule has 0 bridgehead atoms. The maximum Gasteiger partial charge on any atom is 0.321 e. The highest BCUT2D eigenvalue weighted by molar-refractivity contribution is 8.00. The summed E-state index contributed by atoms with van der Waals surface area (Å²) in [6.07, 6.45) is 0. The molecule has 0 unspecified atom stereocenters. The molecule has 4 heteroatoms. The van der Waals surface area contributed by atoms with E-state index in [0.29, 0.717) is 6.54 Å². The number of urea groups is 1. The SMILES string of the molecule is Cc1cc(SC(C)(C)C)ccc1NC(=O)N(C)Cc1ccccc1. The highest BCUT2D eigenvalue weighted by Crippen LogP contribution is 2.33. The third-order valence-corrected chi connectivity index (χ3v) is 4.57. The Morgan fingerprint density at radius 3 is 2.38 bits per heavy atom. The zero-order chi connectivity index (χ0) is 17.7. The predicted octanol–water partition coefficient (Wildman–Crippen LogP) is 5.55. The molecule has 128 valence electrons. The quantitative estimate of drug-likeness (QED) is 0.739. The van der Waals surface area contributed by atoms with E-state index in [1.165, 1.54) is 4.90 Å². The number of hydrogen-bond donors (Lipinski definition) is 1. The van der Waals surface area contributed by atoms with E-state index in [1.54, 1.807) is 4.90 Å². The second kappa shape index (κ2) is 7.75. The van der Waals surface area contributed by atoms with Crippen molar-refractivity contribution in [2.24, 2.45) is 0 Å². The molecule has 3 nitrogen and oxygen atoms in total. The van der Waals surface area contributed by atoms with Crippen molar-refractivity contribution in [1.82, 2.24) is 4.90 Å². The van der Waals surface area contributed by atoms with E-state index in [9.17, 15) is 4.79 Å². The zero-order valence-corrected chi connectivity index (χ0v) is 15.9. The van der Waals surface area contributed by atoms with Gasteiger partial charge in [-0.1, -0.05) is 51.1 Å². The summed E-state index contributed by atoms with van der Waals surface area (Å²) in [7, 11) is 1.81. The lowest BCUT2D eigenvalue weighted by Gasteiger charge is -2.20. The number of nitrogens with zero attached hydrogens (tertiary/aromatic N) is 1. The van der Waals surface area contributed by atoms with Gasteiger partial charge in [0.05, 0.1) is 0 Å². The average molecular weight is 343 g/mol. The fourth-order valence-electron chi connectivity index (χ4n) is 2.33. The van der Waals surface area contributed by atoms with Crippen molar-refractivity contribution < 1.29 is 4.79 Å². The Bertz CT molecular complexity index is 693. The van der Waals surface area contributed by atoms with E-state index in [-0.39, 0.29) is 10.8 Å². The minimum absolute atomic E-state index is 0.0989. The summed E-state index contributed by atoms with van der Waals surface area (Å²) < 4.78 is 0.174. The molecule has 0 heterocycles. The van der Waals surface area contributed by atoms with Crippen molar-refractivity contribution in [3.05, 3.63) is 59.7 Å². The molecule has 0 atom stereocenters. The topological polar surface area (TPSA) is 32.3 Å². The molecule has 24 heavy (non-hydrogen) atoms. The third-order valence-electron chi connectivity index (χ3n) is 3.47. The van der Waals surface area contributed by atoms with Gasteiger partial charge in [-0.3, -0.25) is 0 Å². The number of amides is 2. The molecule has 2 rings (SSSR count). The summed E-state index contributed by atoms with van der Waals surface area (Å²) in [5.74, 6) is 0. The van der Waals surface area contributed by atoms with Crippen molar-refractivity contribution in [3.8, 4) is 0 Å². The molecule has 0 aliphatic heterocycles. The highest BCUT2D eigenvalue weighted by Gasteiger charge is 2.14. The first-order valence-electron chi connectivity index (χ1n) is 8.10. The molecule has 0 saturated carbocycles. The minimum Gasteiger partial charge on any atom is -0.323 e. The number of carbonyl (C=O) groups excluding carboxylic acids is 1. The van der Waals surface area contributed by atoms with Crippen LogP contribution in [0.5, 0.6) is 0 Å². The Labute approximate surface area is 149 Å². The number of rotatable bonds is 4. The van der Waals surface area contributed by atoms with Crippen molar-refractivity contribution in [1.29, 1.82) is 0 Å². The van der Waals surface area contributed by atoms with Crippen LogP contribution < -0.4 is 5.32 Å². The molecule has 0 spiro atoms. The van der Waals surface area contributed by atoms with Gasteiger partial charge >= 0.3 is 6.03 Å². The summed E-state index contributed by atoms with van der Waals surface area (Å²) in [6.45, 7) is 9.20. The number of benzene rings is 2. The lowest BCUT2D eigenvalue weighted by Crippen LogP contribution is -2.31. The largest absolute Gasteiger partial charge is 0.323 e. The number of nitrogens with one attached hydrogen (secondary N) is 1. The summed E-state index contributed by atoms with van der Waals surface area (Å²) in [5.41, 5.74) is 3.05. The Morgan fingerprint density at radius 2 is 1.79 bits per heavy atom. The first kappa shape index (κ1) is 18.4. The van der Waals surface area contributed by atoms with Crippen LogP contribution >= 0.6 is 11.8 Å². The molecule has 0 aliphatic carbocycles. The number of hydrogen-bond acceptors (Lipinski definition) is 2. The lowest BCUT2D eigenvalue weighted by atomic mass is 10.2. The fourth-order valence-corrected chi connectivity index (χ4v) is 3.41. The average Bonchev–Trinajstić information content (AvgIpc) is 2.49. The molecule has 2 aromatic rings. The monoisotopic (exact) mass is 342 g/mol. The second-order valence-electron chi connectivity index (χ2n) is 6.96. The van der Waals surface area contributed by atoms with Gasteiger partial charge in [0.25, 0.3) is 0 Å². The Hall–Kier alpha value is -1.94. The molecule has 0 aromatic heterocycles. The Morgan fingerprint density at radius 1 is 1.12 bits per heavy atom. The van der Waals surface area contributed by atoms with E-state index in [0.717, 1.165) is 16.8 Å². The number of aryl methyl sites for hydroxylation is 1. The Balaban J connectivity index is 2.01. The molecular formula is C20H26N2OS. The van der Waals surface area contributed by atoms with E-state index >= 15 is 0 Å². The van der Waals surface area contributed by atoms with Crippen LogP contribution in [0.4, 0.5) is 10.5 Å². The molecule has 0 fully saturated rings. The minimum atomic E-state index is -0.0989. The first-order valence-corrected chi connectivity index (χ1v) is 8.92. The van der Waals surface area contributed by atoms with Gasteiger partial charge in [-0.2, -0.15) is 0 Å². The van der Waals surface area contributed by atoms with Gasteiger partial charge in [0.1, 0.15) is 0 Å². The number of anilines is 1. The molecular weight excluding hydrogens is 316 g/mol.